The molecule has 0 aliphatic carbocycles. The van der Waals surface area contributed by atoms with Gasteiger partial charge in [-0.3, -0.25) is 0 Å². The molecule has 0 fully saturated rings. The molecule has 3 aromatic rings. The molecule has 34 heavy (non-hydrogen) atoms. The molecule has 6 heteroatoms. The molecule has 0 amide bonds. The van der Waals surface area contributed by atoms with Gasteiger partial charge in [-0.05, 0) is 71.1 Å². The van der Waals surface area contributed by atoms with Crippen molar-refractivity contribution in [3.8, 4) is 11.5 Å². The summed E-state index contributed by atoms with van der Waals surface area (Å²) < 4.78 is 16.0. The summed E-state index contributed by atoms with van der Waals surface area (Å²) in [4.78, 5) is 29.2. The molecule has 3 aromatic carbocycles. The minimum absolute atomic E-state index is 0.00137. The SMILES string of the molecule is COc1ccc(C2=N/C(=C/c3cccc(OC(=O)c4ccc(C(C)(C)C)cc4)c3)C(=O)O2)cc1. The topological polar surface area (TPSA) is 74.2 Å². The molecule has 6 nitrogen and oxygen atoms in total. The van der Waals surface area contributed by atoms with Crippen LogP contribution in [0, 0.1) is 0 Å². The zero-order valence-corrected chi connectivity index (χ0v) is 19.5. The van der Waals surface area contributed by atoms with Gasteiger partial charge < -0.3 is 14.2 Å². The zero-order chi connectivity index (χ0) is 24.3. The van der Waals surface area contributed by atoms with Gasteiger partial charge in [0.2, 0.25) is 5.90 Å². The Hall–Kier alpha value is -4.19. The van der Waals surface area contributed by atoms with Gasteiger partial charge >= 0.3 is 11.9 Å². The van der Waals surface area contributed by atoms with E-state index in [1.54, 1.807) is 73.8 Å². The Bertz CT molecular complexity index is 1280. The van der Waals surface area contributed by atoms with Gasteiger partial charge in [-0.15, -0.1) is 0 Å². The van der Waals surface area contributed by atoms with Gasteiger partial charge in [0.1, 0.15) is 11.5 Å². The maximum Gasteiger partial charge on any atom is 0.363 e. The first kappa shape index (κ1) is 23.0. The molecule has 0 spiro atoms. The van der Waals surface area contributed by atoms with E-state index in [1.165, 1.54) is 0 Å². The van der Waals surface area contributed by atoms with E-state index in [-0.39, 0.29) is 17.0 Å². The van der Waals surface area contributed by atoms with Gasteiger partial charge in [0.15, 0.2) is 5.70 Å². The Labute approximate surface area is 198 Å². The first-order valence-electron chi connectivity index (χ1n) is 10.8. The average Bonchev–Trinajstić information content (AvgIpc) is 3.19. The van der Waals surface area contributed by atoms with Crippen LogP contribution in [0.5, 0.6) is 11.5 Å². The zero-order valence-electron chi connectivity index (χ0n) is 19.5. The van der Waals surface area contributed by atoms with Gasteiger partial charge in [0.05, 0.1) is 12.7 Å². The van der Waals surface area contributed by atoms with Crippen LogP contribution in [0.15, 0.2) is 83.5 Å². The van der Waals surface area contributed by atoms with E-state index in [9.17, 15) is 9.59 Å². The lowest BCUT2D eigenvalue weighted by Crippen LogP contribution is -2.12. The molecule has 4 rings (SSSR count). The molecule has 0 saturated heterocycles. The number of methoxy groups -OCH3 is 1. The Morgan fingerprint density at radius 1 is 0.941 bits per heavy atom. The van der Waals surface area contributed by atoms with Gasteiger partial charge in [0.25, 0.3) is 0 Å². The van der Waals surface area contributed by atoms with E-state index >= 15 is 0 Å². The third kappa shape index (κ3) is 5.23. The fourth-order valence-electron chi connectivity index (χ4n) is 3.36. The van der Waals surface area contributed by atoms with Crippen LogP contribution in [0.25, 0.3) is 6.08 Å². The van der Waals surface area contributed by atoms with Crippen LogP contribution in [0.2, 0.25) is 0 Å². The molecule has 0 aromatic heterocycles. The molecule has 0 N–H and O–H groups in total. The minimum atomic E-state index is -0.549. The second kappa shape index (κ2) is 9.35. The van der Waals surface area contributed by atoms with Crippen molar-refractivity contribution in [2.75, 3.05) is 7.11 Å². The molecule has 0 saturated carbocycles. The summed E-state index contributed by atoms with van der Waals surface area (Å²) in [6.45, 7) is 6.35. The summed E-state index contributed by atoms with van der Waals surface area (Å²) in [5.41, 5.74) is 3.08. The number of aliphatic imine (C=N–C) groups is 1. The molecule has 1 aliphatic heterocycles. The lowest BCUT2D eigenvalue weighted by atomic mass is 9.87. The molecule has 0 bridgehead atoms. The van der Waals surface area contributed by atoms with Crippen LogP contribution in [-0.4, -0.2) is 24.9 Å². The lowest BCUT2D eigenvalue weighted by molar-refractivity contribution is -0.129. The average molecular weight is 456 g/mol. The number of esters is 2. The number of carbonyl (C=O) groups is 2. The lowest BCUT2D eigenvalue weighted by Gasteiger charge is -2.18. The Morgan fingerprint density at radius 2 is 1.65 bits per heavy atom. The third-order valence-corrected chi connectivity index (χ3v) is 5.32. The fraction of sp³-hybridized carbons (Fsp3) is 0.179. The van der Waals surface area contributed by atoms with Crippen molar-refractivity contribution < 1.29 is 23.8 Å². The number of cyclic esters (lactones) is 1. The molecule has 0 atom stereocenters. The molecule has 1 heterocycles. The number of ether oxygens (including phenoxy) is 3. The number of hydrogen-bond acceptors (Lipinski definition) is 6. The van der Waals surface area contributed by atoms with E-state index in [0.717, 1.165) is 5.56 Å². The summed E-state index contributed by atoms with van der Waals surface area (Å²) >= 11 is 0. The van der Waals surface area contributed by atoms with Crippen LogP contribution >= 0.6 is 0 Å². The van der Waals surface area contributed by atoms with Crippen LogP contribution in [0.4, 0.5) is 0 Å². The van der Waals surface area contributed by atoms with Crippen molar-refractivity contribution in [2.24, 2.45) is 4.99 Å². The Kier molecular flexibility index (Phi) is 6.32. The van der Waals surface area contributed by atoms with E-state index in [1.807, 2.05) is 12.1 Å². The minimum Gasteiger partial charge on any atom is -0.497 e. The molecular weight excluding hydrogens is 430 g/mol. The maximum atomic E-state index is 12.6. The van der Waals surface area contributed by atoms with E-state index in [2.05, 4.69) is 25.8 Å². The Balaban J connectivity index is 1.50. The highest BCUT2D eigenvalue weighted by molar-refractivity contribution is 6.12. The number of hydrogen-bond donors (Lipinski definition) is 0. The standard InChI is InChI=1S/C28H25NO5/c1-28(2,3)21-12-8-20(9-13-21)26(30)33-23-7-5-6-18(16-23)17-24-27(31)34-25(29-24)19-10-14-22(32-4)15-11-19/h5-17H,1-4H3/b24-17+. The molecular formula is C28H25NO5. The monoisotopic (exact) mass is 455 g/mol. The Morgan fingerprint density at radius 3 is 2.29 bits per heavy atom. The number of rotatable bonds is 5. The summed E-state index contributed by atoms with van der Waals surface area (Å²) in [7, 11) is 1.58. The number of carbonyl (C=O) groups excluding carboxylic acids is 2. The smallest absolute Gasteiger partial charge is 0.363 e. The van der Waals surface area contributed by atoms with Crippen molar-refractivity contribution in [1.82, 2.24) is 0 Å². The van der Waals surface area contributed by atoms with Crippen LogP contribution in [-0.2, 0) is 14.9 Å². The van der Waals surface area contributed by atoms with Gasteiger partial charge in [-0.2, -0.15) is 0 Å². The third-order valence-electron chi connectivity index (χ3n) is 5.32. The predicted octanol–water partition coefficient (Wildman–Crippen LogP) is 5.56. The number of nitrogens with zero attached hydrogens (tertiary/aromatic N) is 1. The van der Waals surface area contributed by atoms with Gasteiger partial charge in [0, 0.05) is 5.56 Å². The van der Waals surface area contributed by atoms with Crippen molar-refractivity contribution in [3.63, 3.8) is 0 Å². The van der Waals surface area contributed by atoms with Crippen molar-refractivity contribution in [3.05, 3.63) is 101 Å². The molecule has 0 radical (unpaired) electrons. The van der Waals surface area contributed by atoms with Crippen LogP contribution in [0.3, 0.4) is 0 Å². The maximum absolute atomic E-state index is 12.6. The summed E-state index contributed by atoms with van der Waals surface area (Å²) in [6, 6.07) is 21.3. The molecule has 1 aliphatic rings. The highest BCUT2D eigenvalue weighted by Gasteiger charge is 2.24. The summed E-state index contributed by atoms with van der Waals surface area (Å²) in [5, 5.41) is 0. The van der Waals surface area contributed by atoms with Crippen molar-refractivity contribution >= 4 is 23.9 Å². The second-order valence-electron chi connectivity index (χ2n) is 8.85. The van der Waals surface area contributed by atoms with Gasteiger partial charge in [-0.25, -0.2) is 14.6 Å². The van der Waals surface area contributed by atoms with E-state index < -0.39 is 11.9 Å². The summed E-state index contributed by atoms with van der Waals surface area (Å²) in [5.74, 6) is 0.281. The summed E-state index contributed by atoms with van der Waals surface area (Å²) in [6.07, 6.45) is 1.59. The van der Waals surface area contributed by atoms with E-state index in [4.69, 9.17) is 14.2 Å². The molecule has 0 unspecified atom stereocenters. The van der Waals surface area contributed by atoms with Crippen molar-refractivity contribution in [2.45, 2.75) is 26.2 Å². The van der Waals surface area contributed by atoms with Crippen molar-refractivity contribution in [1.29, 1.82) is 0 Å². The first-order valence-corrected chi connectivity index (χ1v) is 10.8. The highest BCUT2D eigenvalue weighted by Crippen LogP contribution is 2.24. The van der Waals surface area contributed by atoms with Crippen LogP contribution < -0.4 is 9.47 Å². The van der Waals surface area contributed by atoms with E-state index in [0.29, 0.717) is 28.2 Å². The highest BCUT2D eigenvalue weighted by atomic mass is 16.6. The number of benzene rings is 3. The second-order valence-corrected chi connectivity index (χ2v) is 8.85. The van der Waals surface area contributed by atoms with Gasteiger partial charge in [-0.1, -0.05) is 45.0 Å². The predicted molar refractivity (Wildman–Crippen MR) is 130 cm³/mol. The first-order chi connectivity index (χ1) is 16.2. The quantitative estimate of drug-likeness (QED) is 0.286. The largest absolute Gasteiger partial charge is 0.497 e. The van der Waals surface area contributed by atoms with Crippen LogP contribution in [0.1, 0.15) is 47.8 Å². The molecule has 172 valence electrons. The fourth-order valence-corrected chi connectivity index (χ4v) is 3.36. The normalized spacial score (nSPS) is 14.5.